The van der Waals surface area contributed by atoms with E-state index >= 15 is 0 Å². The molecule has 0 amide bonds. The second-order valence-electron chi connectivity index (χ2n) is 10.0. The maximum Gasteiger partial charge on any atom is 0.223 e. The van der Waals surface area contributed by atoms with Gasteiger partial charge in [0.1, 0.15) is 17.3 Å². The number of aromatic nitrogens is 2. The third-order valence-electron chi connectivity index (χ3n) is 7.52. The van der Waals surface area contributed by atoms with Crippen LogP contribution in [0.1, 0.15) is 69.9 Å². The van der Waals surface area contributed by atoms with Crippen molar-refractivity contribution in [1.82, 2.24) is 9.97 Å². The van der Waals surface area contributed by atoms with Crippen LogP contribution in [0.5, 0.6) is 0 Å². The molecule has 2 fully saturated rings. The van der Waals surface area contributed by atoms with Crippen LogP contribution in [0.4, 0.5) is 26.1 Å². The Balaban J connectivity index is 1.39. The average molecular weight is 470 g/mol. The van der Waals surface area contributed by atoms with E-state index in [1.807, 2.05) is 0 Å². The molecular formula is C26H33F2N5O. The van der Waals surface area contributed by atoms with Crippen LogP contribution < -0.4 is 10.6 Å². The van der Waals surface area contributed by atoms with Gasteiger partial charge in [-0.3, -0.25) is 0 Å². The molecule has 0 bridgehead atoms. The number of benzene rings is 1. The van der Waals surface area contributed by atoms with Crippen molar-refractivity contribution < 1.29 is 13.9 Å². The standard InChI is InChI=1S/C26H33F2N5O/c27-18-6-12-22(21(28)14-18)31-25-17(13-16-3-1-2-4-16)5-11-23-24(32-25)15-29-26(33-23)30-19-7-9-20(34)10-8-19/h6,12,14-17,19-20,34H,1-5,7-11,13H2,(H,31,32)(H,29,30,33). The maximum absolute atomic E-state index is 14.4. The molecule has 8 heteroatoms. The molecule has 3 N–H and O–H groups in total. The fraction of sp³-hybridized carbons (Fsp3) is 0.577. The fourth-order valence-corrected chi connectivity index (χ4v) is 5.57. The number of aliphatic hydroxyl groups excluding tert-OH is 1. The molecule has 1 aliphatic heterocycles. The Labute approximate surface area is 199 Å². The number of anilines is 2. The molecule has 34 heavy (non-hydrogen) atoms. The summed E-state index contributed by atoms with van der Waals surface area (Å²) in [5, 5.41) is 16.6. The molecule has 1 unspecified atom stereocenters. The summed E-state index contributed by atoms with van der Waals surface area (Å²) in [7, 11) is 0. The lowest BCUT2D eigenvalue weighted by Crippen LogP contribution is -2.29. The molecule has 6 nitrogen and oxygen atoms in total. The van der Waals surface area contributed by atoms with E-state index in [4.69, 9.17) is 4.98 Å². The van der Waals surface area contributed by atoms with Crippen LogP contribution in [0.15, 0.2) is 29.4 Å². The van der Waals surface area contributed by atoms with Gasteiger partial charge in [0.15, 0.2) is 5.82 Å². The van der Waals surface area contributed by atoms with E-state index < -0.39 is 11.6 Å². The highest BCUT2D eigenvalue weighted by Gasteiger charge is 2.28. The van der Waals surface area contributed by atoms with Crippen LogP contribution in [0.25, 0.3) is 0 Å². The summed E-state index contributed by atoms with van der Waals surface area (Å²) in [6, 6.07) is 3.78. The number of nitrogens with zero attached hydrogens (tertiary/aromatic N) is 3. The van der Waals surface area contributed by atoms with Gasteiger partial charge < -0.3 is 15.7 Å². The van der Waals surface area contributed by atoms with Crippen molar-refractivity contribution in [3.63, 3.8) is 0 Å². The van der Waals surface area contributed by atoms with Crippen molar-refractivity contribution in [3.05, 3.63) is 41.7 Å². The first kappa shape index (κ1) is 23.1. The maximum atomic E-state index is 14.4. The number of aryl methyl sites for hydroxylation is 1. The van der Waals surface area contributed by atoms with Gasteiger partial charge in [-0.1, -0.05) is 25.7 Å². The minimum Gasteiger partial charge on any atom is -0.393 e. The molecule has 0 radical (unpaired) electrons. The Hall–Kier alpha value is -2.61. The molecule has 1 aromatic carbocycles. The van der Waals surface area contributed by atoms with Gasteiger partial charge in [-0.05, 0) is 63.0 Å². The third-order valence-corrected chi connectivity index (χ3v) is 7.52. The number of nitrogens with one attached hydrogen (secondary N) is 2. The predicted molar refractivity (Wildman–Crippen MR) is 129 cm³/mol. The predicted octanol–water partition coefficient (Wildman–Crippen LogP) is 5.76. The number of hydrogen-bond donors (Lipinski definition) is 3. The molecule has 182 valence electrons. The monoisotopic (exact) mass is 469 g/mol. The summed E-state index contributed by atoms with van der Waals surface area (Å²) < 4.78 is 27.8. The van der Waals surface area contributed by atoms with Crippen LogP contribution in [0.2, 0.25) is 0 Å². The van der Waals surface area contributed by atoms with Crippen molar-refractivity contribution in [2.75, 3.05) is 10.6 Å². The summed E-state index contributed by atoms with van der Waals surface area (Å²) in [5.41, 5.74) is 1.86. The molecule has 0 spiro atoms. The quantitative estimate of drug-likeness (QED) is 0.519. The molecule has 2 heterocycles. The lowest BCUT2D eigenvalue weighted by Gasteiger charge is -2.26. The van der Waals surface area contributed by atoms with Crippen molar-refractivity contribution in [1.29, 1.82) is 0 Å². The van der Waals surface area contributed by atoms with E-state index in [0.717, 1.165) is 62.4 Å². The molecule has 2 aromatic rings. The molecule has 1 atom stereocenters. The molecule has 0 saturated heterocycles. The Kier molecular flexibility index (Phi) is 7.04. The second kappa shape index (κ2) is 10.3. The number of rotatable bonds is 5. The van der Waals surface area contributed by atoms with Gasteiger partial charge in [-0.15, -0.1) is 0 Å². The zero-order valence-electron chi connectivity index (χ0n) is 19.4. The van der Waals surface area contributed by atoms with E-state index in [0.29, 0.717) is 17.7 Å². The fourth-order valence-electron chi connectivity index (χ4n) is 5.57. The second-order valence-corrected chi connectivity index (χ2v) is 10.0. The minimum atomic E-state index is -0.660. The molecule has 3 aliphatic rings. The van der Waals surface area contributed by atoms with Crippen LogP contribution >= 0.6 is 0 Å². The molecule has 5 rings (SSSR count). The normalized spacial score (nSPS) is 26.7. The van der Waals surface area contributed by atoms with Crippen LogP contribution in [-0.4, -0.2) is 33.1 Å². The zero-order chi connectivity index (χ0) is 23.5. The summed E-state index contributed by atoms with van der Waals surface area (Å²) >= 11 is 0. The zero-order valence-corrected chi connectivity index (χ0v) is 19.4. The van der Waals surface area contributed by atoms with Crippen LogP contribution in [0, 0.1) is 23.5 Å². The lowest BCUT2D eigenvalue weighted by atomic mass is 9.89. The van der Waals surface area contributed by atoms with Gasteiger partial charge in [0.25, 0.3) is 0 Å². The Morgan fingerprint density at radius 1 is 1.06 bits per heavy atom. The number of hydrogen-bond acceptors (Lipinski definition) is 5. The molecular weight excluding hydrogens is 436 g/mol. The van der Waals surface area contributed by atoms with E-state index in [9.17, 15) is 13.9 Å². The van der Waals surface area contributed by atoms with Crippen molar-refractivity contribution in [3.8, 4) is 0 Å². The van der Waals surface area contributed by atoms with Crippen LogP contribution in [-0.2, 0) is 6.42 Å². The smallest absolute Gasteiger partial charge is 0.223 e. The summed E-state index contributed by atoms with van der Waals surface area (Å²) in [4.78, 5) is 14.0. The van der Waals surface area contributed by atoms with Gasteiger partial charge in [0.05, 0.1) is 23.7 Å². The van der Waals surface area contributed by atoms with Crippen molar-refractivity contribution in [2.45, 2.75) is 82.8 Å². The first-order valence-corrected chi connectivity index (χ1v) is 12.6. The first-order valence-electron chi connectivity index (χ1n) is 12.6. The number of aliphatic hydroxyl groups is 1. The van der Waals surface area contributed by atoms with E-state index in [1.165, 1.54) is 37.8 Å². The minimum absolute atomic E-state index is 0.141. The summed E-state index contributed by atoms with van der Waals surface area (Å²) in [6.07, 6.45) is 12.6. The summed E-state index contributed by atoms with van der Waals surface area (Å²) in [5.74, 6) is 0.857. The van der Waals surface area contributed by atoms with Gasteiger partial charge in [-0.25, -0.2) is 23.7 Å². The first-order chi connectivity index (χ1) is 16.5. The van der Waals surface area contributed by atoms with E-state index in [-0.39, 0.29) is 23.8 Å². The van der Waals surface area contributed by atoms with Gasteiger partial charge >= 0.3 is 0 Å². The summed E-state index contributed by atoms with van der Waals surface area (Å²) in [6.45, 7) is 0. The highest BCUT2D eigenvalue weighted by molar-refractivity contribution is 5.99. The van der Waals surface area contributed by atoms with Crippen molar-refractivity contribution in [2.24, 2.45) is 16.8 Å². The van der Waals surface area contributed by atoms with Gasteiger partial charge in [0, 0.05) is 18.0 Å². The molecule has 1 aromatic heterocycles. The van der Waals surface area contributed by atoms with E-state index in [1.54, 1.807) is 6.20 Å². The topological polar surface area (TPSA) is 82.4 Å². The average Bonchev–Trinajstić information content (AvgIpc) is 3.27. The van der Waals surface area contributed by atoms with Crippen LogP contribution in [0.3, 0.4) is 0 Å². The number of fused-ring (bicyclic) bond motifs is 1. The number of halogens is 2. The van der Waals surface area contributed by atoms with Gasteiger partial charge in [-0.2, -0.15) is 0 Å². The highest BCUT2D eigenvalue weighted by atomic mass is 19.1. The lowest BCUT2D eigenvalue weighted by molar-refractivity contribution is 0.126. The van der Waals surface area contributed by atoms with E-state index in [2.05, 4.69) is 20.6 Å². The third kappa shape index (κ3) is 5.54. The highest BCUT2D eigenvalue weighted by Crippen LogP contribution is 2.35. The van der Waals surface area contributed by atoms with Gasteiger partial charge in [0.2, 0.25) is 5.95 Å². The Morgan fingerprint density at radius 2 is 1.85 bits per heavy atom. The Bertz CT molecular complexity index is 1030. The number of amidine groups is 1. The number of aliphatic imine (C=N–C) groups is 1. The SMILES string of the molecule is OC1CCC(Nc2ncc3c(n2)CCC(CC2CCCC2)C(=Nc2ccc(F)cc2F)N3)CC1. The molecule has 2 aliphatic carbocycles. The van der Waals surface area contributed by atoms with Crippen molar-refractivity contribution >= 4 is 23.2 Å². The Morgan fingerprint density at radius 3 is 2.62 bits per heavy atom. The largest absolute Gasteiger partial charge is 0.393 e. The molecule has 2 saturated carbocycles.